The molecule has 0 bridgehead atoms. The number of rotatable bonds is 6. The summed E-state index contributed by atoms with van der Waals surface area (Å²) < 4.78 is 20.7. The molecule has 1 atom stereocenters. The average Bonchev–Trinajstić information content (AvgIpc) is 2.84. The quantitative estimate of drug-likeness (QED) is 0.653. The Hall–Kier alpha value is -2.56. The van der Waals surface area contributed by atoms with E-state index in [-0.39, 0.29) is 11.2 Å². The van der Waals surface area contributed by atoms with Crippen LogP contribution < -0.4 is 10.1 Å². The number of halogens is 1. The number of hydrogen-bond donors (Lipinski definition) is 2. The molecule has 2 N–H and O–H groups in total. The fraction of sp³-hybridized carbons (Fsp3) is 0.409. The Bertz CT molecular complexity index is 847. The van der Waals surface area contributed by atoms with Crippen molar-refractivity contribution in [1.82, 2.24) is 5.32 Å². The van der Waals surface area contributed by atoms with E-state index in [0.29, 0.717) is 18.6 Å². The lowest BCUT2D eigenvalue weighted by Crippen LogP contribution is -2.34. The van der Waals surface area contributed by atoms with E-state index in [4.69, 9.17) is 9.84 Å². The Morgan fingerprint density at radius 3 is 2.81 bits per heavy atom. The molecule has 5 heteroatoms. The van der Waals surface area contributed by atoms with Gasteiger partial charge in [0.1, 0.15) is 11.6 Å². The first kappa shape index (κ1) is 19.2. The summed E-state index contributed by atoms with van der Waals surface area (Å²) in [6.07, 6.45) is 1.63. The van der Waals surface area contributed by atoms with Crippen molar-refractivity contribution in [3.8, 4) is 16.9 Å². The molecule has 1 aliphatic carbocycles. The molecule has 2 aromatic carbocycles. The van der Waals surface area contributed by atoms with Crippen LogP contribution in [0.4, 0.5) is 9.18 Å². The highest BCUT2D eigenvalue weighted by molar-refractivity contribution is 5.69. The van der Waals surface area contributed by atoms with E-state index in [0.717, 1.165) is 35.3 Å². The van der Waals surface area contributed by atoms with Crippen molar-refractivity contribution in [2.75, 3.05) is 6.61 Å². The van der Waals surface area contributed by atoms with Gasteiger partial charge in [0.25, 0.3) is 0 Å². The maximum Gasteiger partial charge on any atom is 0.405 e. The minimum atomic E-state index is -1.10. The van der Waals surface area contributed by atoms with Gasteiger partial charge in [0.15, 0.2) is 0 Å². The highest BCUT2D eigenvalue weighted by Gasteiger charge is 2.40. The second-order valence-electron chi connectivity index (χ2n) is 7.81. The first-order chi connectivity index (χ1) is 12.8. The van der Waals surface area contributed by atoms with Crippen LogP contribution in [0, 0.1) is 11.2 Å². The van der Waals surface area contributed by atoms with E-state index < -0.39 is 12.1 Å². The zero-order valence-corrected chi connectivity index (χ0v) is 16.0. The minimum absolute atomic E-state index is 0.309. The van der Waals surface area contributed by atoms with Gasteiger partial charge in [-0.25, -0.2) is 9.18 Å². The molecule has 0 radical (unpaired) electrons. The first-order valence-electron chi connectivity index (χ1n) is 9.37. The standard InChI is InChI=1S/C22H26FNO3/c1-4-5-9-27-16-8-6-7-14(10-16)17-11-15-13-22(2,3)20(24-21(25)26)18(15)12-19(17)23/h6-8,10-12,20,24H,4-5,9,13H2,1-3H3,(H,25,26). The van der Waals surface area contributed by atoms with Gasteiger partial charge in [-0.1, -0.05) is 39.3 Å². The van der Waals surface area contributed by atoms with Gasteiger partial charge in [0, 0.05) is 5.56 Å². The van der Waals surface area contributed by atoms with Gasteiger partial charge in [-0.2, -0.15) is 0 Å². The van der Waals surface area contributed by atoms with Crippen LogP contribution in [0.15, 0.2) is 36.4 Å². The van der Waals surface area contributed by atoms with Gasteiger partial charge >= 0.3 is 6.09 Å². The Kier molecular flexibility index (Phi) is 5.40. The van der Waals surface area contributed by atoms with Crippen LogP contribution in [0.1, 0.15) is 50.8 Å². The summed E-state index contributed by atoms with van der Waals surface area (Å²) >= 11 is 0. The SMILES string of the molecule is CCCCOc1cccc(-c2cc3c(cc2F)C(NC(=O)O)C(C)(C)C3)c1. The molecule has 0 spiro atoms. The maximum atomic E-state index is 14.9. The van der Waals surface area contributed by atoms with Gasteiger partial charge in [0.2, 0.25) is 0 Å². The lowest BCUT2D eigenvalue weighted by molar-refractivity contribution is 0.175. The molecular formula is C22H26FNO3. The average molecular weight is 371 g/mol. The number of nitrogens with one attached hydrogen (secondary N) is 1. The van der Waals surface area contributed by atoms with Gasteiger partial charge in [-0.3, -0.25) is 0 Å². The molecule has 0 aromatic heterocycles. The Labute approximate surface area is 159 Å². The van der Waals surface area contributed by atoms with Crippen molar-refractivity contribution in [1.29, 1.82) is 0 Å². The van der Waals surface area contributed by atoms with Crippen molar-refractivity contribution in [3.05, 3.63) is 53.3 Å². The number of carbonyl (C=O) groups is 1. The third-order valence-electron chi connectivity index (χ3n) is 5.15. The van der Waals surface area contributed by atoms with E-state index in [1.165, 1.54) is 6.07 Å². The van der Waals surface area contributed by atoms with Crippen LogP contribution in [0.2, 0.25) is 0 Å². The van der Waals surface area contributed by atoms with E-state index in [2.05, 4.69) is 12.2 Å². The minimum Gasteiger partial charge on any atom is -0.494 e. The number of carboxylic acid groups (broad SMARTS) is 1. The van der Waals surface area contributed by atoms with E-state index in [1.807, 2.05) is 44.2 Å². The number of hydrogen-bond acceptors (Lipinski definition) is 2. The van der Waals surface area contributed by atoms with E-state index in [9.17, 15) is 9.18 Å². The van der Waals surface area contributed by atoms with Crippen molar-refractivity contribution in [2.24, 2.45) is 5.41 Å². The van der Waals surface area contributed by atoms with Crippen LogP contribution in [-0.2, 0) is 6.42 Å². The van der Waals surface area contributed by atoms with Crippen LogP contribution >= 0.6 is 0 Å². The number of benzene rings is 2. The zero-order valence-electron chi connectivity index (χ0n) is 16.0. The fourth-order valence-electron chi connectivity index (χ4n) is 3.77. The topological polar surface area (TPSA) is 58.6 Å². The molecule has 4 nitrogen and oxygen atoms in total. The predicted molar refractivity (Wildman–Crippen MR) is 104 cm³/mol. The van der Waals surface area contributed by atoms with Gasteiger partial charge in [-0.15, -0.1) is 0 Å². The Balaban J connectivity index is 1.94. The number of amides is 1. The molecule has 0 saturated heterocycles. The van der Waals surface area contributed by atoms with Crippen molar-refractivity contribution >= 4 is 6.09 Å². The van der Waals surface area contributed by atoms with Gasteiger partial charge in [-0.05, 0) is 59.2 Å². The van der Waals surface area contributed by atoms with Gasteiger partial charge < -0.3 is 15.2 Å². The monoisotopic (exact) mass is 371 g/mol. The zero-order chi connectivity index (χ0) is 19.6. The lowest BCUT2D eigenvalue weighted by Gasteiger charge is -2.27. The van der Waals surface area contributed by atoms with Crippen molar-refractivity contribution in [2.45, 2.75) is 46.1 Å². The molecule has 2 aromatic rings. The Morgan fingerprint density at radius 1 is 1.33 bits per heavy atom. The molecule has 0 heterocycles. The highest BCUT2D eigenvalue weighted by Crippen LogP contribution is 2.46. The summed E-state index contributed by atoms with van der Waals surface area (Å²) in [6, 6.07) is 10.4. The number of unbranched alkanes of at least 4 members (excludes halogenated alkanes) is 1. The largest absolute Gasteiger partial charge is 0.494 e. The third kappa shape index (κ3) is 4.07. The number of ether oxygens (including phenoxy) is 1. The summed E-state index contributed by atoms with van der Waals surface area (Å²) in [5.74, 6) is 0.376. The lowest BCUT2D eigenvalue weighted by atomic mass is 9.85. The first-order valence-corrected chi connectivity index (χ1v) is 9.37. The van der Waals surface area contributed by atoms with Crippen molar-refractivity contribution < 1.29 is 19.0 Å². The molecule has 0 fully saturated rings. The molecule has 1 unspecified atom stereocenters. The molecule has 1 aliphatic rings. The molecule has 0 saturated carbocycles. The molecule has 27 heavy (non-hydrogen) atoms. The van der Waals surface area contributed by atoms with Gasteiger partial charge in [0.05, 0.1) is 12.6 Å². The summed E-state index contributed by atoms with van der Waals surface area (Å²) in [7, 11) is 0. The number of fused-ring (bicyclic) bond motifs is 1. The summed E-state index contributed by atoms with van der Waals surface area (Å²) in [5.41, 5.74) is 2.67. The second kappa shape index (κ2) is 7.59. The predicted octanol–water partition coefficient (Wildman–Crippen LogP) is 5.56. The fourth-order valence-corrected chi connectivity index (χ4v) is 3.77. The summed E-state index contributed by atoms with van der Waals surface area (Å²) in [4.78, 5) is 11.2. The smallest absolute Gasteiger partial charge is 0.405 e. The molecule has 3 rings (SSSR count). The molecular weight excluding hydrogens is 345 g/mol. The van der Waals surface area contributed by atoms with Crippen LogP contribution in [-0.4, -0.2) is 17.8 Å². The van der Waals surface area contributed by atoms with E-state index >= 15 is 0 Å². The van der Waals surface area contributed by atoms with Crippen molar-refractivity contribution in [3.63, 3.8) is 0 Å². The maximum absolute atomic E-state index is 14.9. The van der Waals surface area contributed by atoms with E-state index in [1.54, 1.807) is 0 Å². The Morgan fingerprint density at radius 2 is 2.11 bits per heavy atom. The second-order valence-corrected chi connectivity index (χ2v) is 7.81. The van der Waals surface area contributed by atoms with Crippen LogP contribution in [0.25, 0.3) is 11.1 Å². The molecule has 0 aliphatic heterocycles. The molecule has 144 valence electrons. The highest BCUT2D eigenvalue weighted by atomic mass is 19.1. The normalized spacial score (nSPS) is 17.4. The van der Waals surface area contributed by atoms with Crippen LogP contribution in [0.3, 0.4) is 0 Å². The summed E-state index contributed by atoms with van der Waals surface area (Å²) in [5, 5.41) is 11.7. The molecule has 1 amide bonds. The third-order valence-corrected chi connectivity index (χ3v) is 5.15. The van der Waals surface area contributed by atoms with Crippen LogP contribution in [0.5, 0.6) is 5.75 Å². The summed E-state index contributed by atoms with van der Waals surface area (Å²) in [6.45, 7) is 6.73.